The summed E-state index contributed by atoms with van der Waals surface area (Å²) in [5, 5.41) is 17.0. The molecule has 3 N–H and O–H groups in total. The maximum absolute atomic E-state index is 10.6. The van der Waals surface area contributed by atoms with Gasteiger partial charge in [0.1, 0.15) is 0 Å². The standard InChI is InChI=1S/C6H9N3O2/c10-2-1-7-5-3-6(11)9-8-4-5/h3-4,10H,1-2H2,(H2,7,9,11). The first-order valence-corrected chi connectivity index (χ1v) is 3.22. The second kappa shape index (κ2) is 3.72. The highest BCUT2D eigenvalue weighted by molar-refractivity contribution is 5.38. The molecule has 0 unspecified atom stereocenters. The topological polar surface area (TPSA) is 78.0 Å². The van der Waals surface area contributed by atoms with Crippen LogP contribution in [0.5, 0.6) is 0 Å². The first kappa shape index (κ1) is 7.74. The average Bonchev–Trinajstić information content (AvgIpc) is 2.01. The summed E-state index contributed by atoms with van der Waals surface area (Å²) in [6.07, 6.45) is 1.48. The minimum atomic E-state index is -0.257. The zero-order valence-corrected chi connectivity index (χ0v) is 5.87. The first-order chi connectivity index (χ1) is 5.33. The zero-order chi connectivity index (χ0) is 8.10. The molecule has 60 valence electrons. The van der Waals surface area contributed by atoms with E-state index < -0.39 is 0 Å². The van der Waals surface area contributed by atoms with Crippen molar-refractivity contribution in [1.82, 2.24) is 10.2 Å². The SMILES string of the molecule is O=c1cc(NCCO)cn[nH]1. The number of aromatic amines is 1. The van der Waals surface area contributed by atoms with Gasteiger partial charge in [0.05, 0.1) is 18.5 Å². The molecule has 0 atom stereocenters. The molecule has 1 aromatic rings. The van der Waals surface area contributed by atoms with Crippen LogP contribution in [0.2, 0.25) is 0 Å². The number of aliphatic hydroxyl groups is 1. The van der Waals surface area contributed by atoms with E-state index in [1.54, 1.807) is 0 Å². The van der Waals surface area contributed by atoms with Crippen LogP contribution in [-0.4, -0.2) is 28.5 Å². The van der Waals surface area contributed by atoms with Crippen molar-refractivity contribution in [3.8, 4) is 0 Å². The molecule has 1 rings (SSSR count). The van der Waals surface area contributed by atoms with Crippen molar-refractivity contribution in [2.24, 2.45) is 0 Å². The molecule has 1 heterocycles. The fourth-order valence-corrected chi connectivity index (χ4v) is 0.673. The molecular weight excluding hydrogens is 146 g/mol. The number of aromatic nitrogens is 2. The van der Waals surface area contributed by atoms with E-state index in [1.165, 1.54) is 12.3 Å². The molecule has 0 fully saturated rings. The molecule has 1 aromatic heterocycles. The van der Waals surface area contributed by atoms with Crippen LogP contribution in [-0.2, 0) is 0 Å². The minimum absolute atomic E-state index is 0.0345. The summed E-state index contributed by atoms with van der Waals surface area (Å²) in [7, 11) is 0. The molecule has 0 saturated heterocycles. The lowest BCUT2D eigenvalue weighted by atomic mass is 10.4. The molecule has 0 amide bonds. The average molecular weight is 155 g/mol. The number of anilines is 1. The molecular formula is C6H9N3O2. The van der Waals surface area contributed by atoms with Crippen molar-refractivity contribution in [3.05, 3.63) is 22.6 Å². The highest BCUT2D eigenvalue weighted by atomic mass is 16.3. The molecule has 0 spiro atoms. The summed E-state index contributed by atoms with van der Waals surface area (Å²) in [6, 6.07) is 1.38. The number of nitrogens with one attached hydrogen (secondary N) is 2. The first-order valence-electron chi connectivity index (χ1n) is 3.22. The van der Waals surface area contributed by atoms with E-state index in [4.69, 9.17) is 5.11 Å². The maximum Gasteiger partial charge on any atom is 0.266 e. The van der Waals surface area contributed by atoms with Gasteiger partial charge in [0, 0.05) is 12.6 Å². The van der Waals surface area contributed by atoms with Gasteiger partial charge in [-0.25, -0.2) is 5.10 Å². The predicted molar refractivity (Wildman–Crippen MR) is 40.4 cm³/mol. The number of hydrogen-bond acceptors (Lipinski definition) is 4. The molecule has 0 aliphatic heterocycles. The molecule has 0 saturated carbocycles. The van der Waals surface area contributed by atoms with Crippen LogP contribution in [0.15, 0.2) is 17.1 Å². The number of nitrogens with zero attached hydrogens (tertiary/aromatic N) is 1. The smallest absolute Gasteiger partial charge is 0.266 e. The molecule has 0 bridgehead atoms. The number of H-pyrrole nitrogens is 1. The Morgan fingerprint density at radius 1 is 1.73 bits per heavy atom. The molecule has 5 heteroatoms. The third-order valence-corrected chi connectivity index (χ3v) is 1.11. The third-order valence-electron chi connectivity index (χ3n) is 1.11. The van der Waals surface area contributed by atoms with Crippen LogP contribution in [0.3, 0.4) is 0 Å². The lowest BCUT2D eigenvalue weighted by molar-refractivity contribution is 0.311. The van der Waals surface area contributed by atoms with Crippen molar-refractivity contribution < 1.29 is 5.11 Å². The molecule has 0 radical (unpaired) electrons. The van der Waals surface area contributed by atoms with Gasteiger partial charge in [0.25, 0.3) is 5.56 Å². The molecule has 0 aliphatic rings. The Balaban J connectivity index is 2.64. The lowest BCUT2D eigenvalue weighted by Gasteiger charge is -2.00. The second-order valence-electron chi connectivity index (χ2n) is 1.98. The molecule has 5 nitrogen and oxygen atoms in total. The van der Waals surface area contributed by atoms with Crippen LogP contribution >= 0.6 is 0 Å². The highest BCUT2D eigenvalue weighted by Crippen LogP contribution is 1.95. The normalized spacial score (nSPS) is 9.55. The lowest BCUT2D eigenvalue weighted by Crippen LogP contribution is -2.11. The van der Waals surface area contributed by atoms with Crippen LogP contribution < -0.4 is 10.9 Å². The predicted octanol–water partition coefficient (Wildman–Crippen LogP) is -0.826. The third kappa shape index (κ3) is 2.38. The van der Waals surface area contributed by atoms with E-state index in [1.807, 2.05) is 0 Å². The van der Waals surface area contributed by atoms with Gasteiger partial charge in [-0.1, -0.05) is 0 Å². The van der Waals surface area contributed by atoms with Crippen molar-refractivity contribution >= 4 is 5.69 Å². The summed E-state index contributed by atoms with van der Waals surface area (Å²) in [5.41, 5.74) is 0.357. The van der Waals surface area contributed by atoms with Crippen molar-refractivity contribution in [3.63, 3.8) is 0 Å². The quantitative estimate of drug-likeness (QED) is 0.532. The van der Waals surface area contributed by atoms with Gasteiger partial charge in [-0.15, -0.1) is 0 Å². The van der Waals surface area contributed by atoms with Gasteiger partial charge in [-0.05, 0) is 0 Å². The second-order valence-corrected chi connectivity index (χ2v) is 1.98. The van der Waals surface area contributed by atoms with E-state index in [0.29, 0.717) is 12.2 Å². The fourth-order valence-electron chi connectivity index (χ4n) is 0.673. The summed E-state index contributed by atoms with van der Waals surface area (Å²) in [4.78, 5) is 10.6. The Morgan fingerprint density at radius 2 is 2.55 bits per heavy atom. The Labute approximate surface area is 63.1 Å². The van der Waals surface area contributed by atoms with E-state index >= 15 is 0 Å². The zero-order valence-electron chi connectivity index (χ0n) is 5.87. The number of hydrogen-bond donors (Lipinski definition) is 3. The maximum atomic E-state index is 10.6. The van der Waals surface area contributed by atoms with Gasteiger partial charge >= 0.3 is 0 Å². The fraction of sp³-hybridized carbons (Fsp3) is 0.333. The summed E-state index contributed by atoms with van der Waals surface area (Å²) in [5.74, 6) is 0. The van der Waals surface area contributed by atoms with E-state index in [0.717, 1.165) is 0 Å². The number of rotatable bonds is 3. The molecule has 11 heavy (non-hydrogen) atoms. The van der Waals surface area contributed by atoms with Gasteiger partial charge < -0.3 is 10.4 Å². The van der Waals surface area contributed by atoms with Gasteiger partial charge in [-0.3, -0.25) is 4.79 Å². The van der Waals surface area contributed by atoms with Crippen LogP contribution in [0.25, 0.3) is 0 Å². The van der Waals surface area contributed by atoms with Crippen LogP contribution in [0, 0.1) is 0 Å². The van der Waals surface area contributed by atoms with Gasteiger partial charge in [-0.2, -0.15) is 5.10 Å². The van der Waals surface area contributed by atoms with Crippen LogP contribution in [0.4, 0.5) is 5.69 Å². The van der Waals surface area contributed by atoms with E-state index in [-0.39, 0.29) is 12.2 Å². The Hall–Kier alpha value is -1.36. The monoisotopic (exact) mass is 155 g/mol. The van der Waals surface area contributed by atoms with Crippen molar-refractivity contribution in [2.75, 3.05) is 18.5 Å². The van der Waals surface area contributed by atoms with Crippen molar-refractivity contribution in [1.29, 1.82) is 0 Å². The van der Waals surface area contributed by atoms with Crippen LogP contribution in [0.1, 0.15) is 0 Å². The van der Waals surface area contributed by atoms with Gasteiger partial charge in [0.2, 0.25) is 0 Å². The minimum Gasteiger partial charge on any atom is -0.395 e. The summed E-state index contributed by atoms with van der Waals surface area (Å²) < 4.78 is 0. The molecule has 0 aromatic carbocycles. The Morgan fingerprint density at radius 3 is 3.18 bits per heavy atom. The Kier molecular flexibility index (Phi) is 2.62. The van der Waals surface area contributed by atoms with E-state index in [2.05, 4.69) is 15.5 Å². The van der Waals surface area contributed by atoms with Gasteiger partial charge in [0.15, 0.2) is 0 Å². The van der Waals surface area contributed by atoms with E-state index in [9.17, 15) is 4.79 Å². The summed E-state index contributed by atoms with van der Waals surface area (Å²) >= 11 is 0. The highest BCUT2D eigenvalue weighted by Gasteiger charge is 1.90. The van der Waals surface area contributed by atoms with Crippen molar-refractivity contribution in [2.45, 2.75) is 0 Å². The largest absolute Gasteiger partial charge is 0.395 e. The Bertz CT molecular complexity index is 271. The number of aliphatic hydroxyl groups excluding tert-OH is 1. The summed E-state index contributed by atoms with van der Waals surface area (Å²) in [6.45, 7) is 0.456. The molecule has 0 aliphatic carbocycles.